The normalized spacial score (nSPS) is 10.3. The number of carbonyl (C=O) groups excluding carboxylic acids is 1. The highest BCUT2D eigenvalue weighted by Gasteiger charge is 2.02. The first-order valence-corrected chi connectivity index (χ1v) is 6.43. The molecule has 2 N–H and O–H groups in total. The zero-order valence-corrected chi connectivity index (χ0v) is 11.2. The molecule has 0 aliphatic rings. The lowest BCUT2D eigenvalue weighted by Crippen LogP contribution is -2.19. The molecule has 0 aromatic heterocycles. The fourth-order valence-electron chi connectivity index (χ4n) is 1.53. The van der Waals surface area contributed by atoms with Crippen LogP contribution in [0.1, 0.15) is 25.8 Å². The van der Waals surface area contributed by atoms with Gasteiger partial charge >= 0.3 is 0 Å². The number of amides is 1. The fraction of sp³-hybridized carbons (Fsp3) is 0.500. The highest BCUT2D eigenvalue weighted by atomic mass is 16.5. The van der Waals surface area contributed by atoms with Crippen LogP contribution < -0.4 is 10.6 Å². The van der Waals surface area contributed by atoms with Crippen molar-refractivity contribution in [1.29, 1.82) is 0 Å². The summed E-state index contributed by atoms with van der Waals surface area (Å²) in [6, 6.07) is 7.83. The molecule has 18 heavy (non-hydrogen) atoms. The number of anilines is 1. The van der Waals surface area contributed by atoms with E-state index in [0.29, 0.717) is 6.61 Å². The SMILES string of the molecule is CCCOCC(=O)Nc1cccc(CNCC)c1. The molecule has 0 aliphatic carbocycles. The van der Waals surface area contributed by atoms with Crippen LogP contribution in [-0.4, -0.2) is 25.7 Å². The van der Waals surface area contributed by atoms with Crippen LogP contribution >= 0.6 is 0 Å². The Hall–Kier alpha value is -1.39. The van der Waals surface area contributed by atoms with Crippen molar-refractivity contribution in [3.8, 4) is 0 Å². The maximum Gasteiger partial charge on any atom is 0.250 e. The predicted octanol–water partition coefficient (Wildman–Crippen LogP) is 2.16. The number of hydrogen-bond donors (Lipinski definition) is 2. The van der Waals surface area contributed by atoms with Crippen molar-refractivity contribution < 1.29 is 9.53 Å². The van der Waals surface area contributed by atoms with Crippen LogP contribution in [0.3, 0.4) is 0 Å². The van der Waals surface area contributed by atoms with Crippen molar-refractivity contribution in [3.05, 3.63) is 29.8 Å². The molecular weight excluding hydrogens is 228 g/mol. The second kappa shape index (κ2) is 8.66. The van der Waals surface area contributed by atoms with Gasteiger partial charge in [-0.3, -0.25) is 4.79 Å². The zero-order chi connectivity index (χ0) is 13.2. The first kappa shape index (κ1) is 14.7. The van der Waals surface area contributed by atoms with Gasteiger partial charge in [-0.1, -0.05) is 26.0 Å². The van der Waals surface area contributed by atoms with E-state index in [-0.39, 0.29) is 12.5 Å². The molecule has 0 saturated carbocycles. The lowest BCUT2D eigenvalue weighted by atomic mass is 10.2. The smallest absolute Gasteiger partial charge is 0.250 e. The van der Waals surface area contributed by atoms with E-state index in [1.165, 1.54) is 0 Å². The molecule has 0 fully saturated rings. The van der Waals surface area contributed by atoms with Crippen molar-refractivity contribution in [1.82, 2.24) is 5.32 Å². The number of rotatable bonds is 8. The molecule has 0 aliphatic heterocycles. The number of hydrogen-bond acceptors (Lipinski definition) is 3. The Kier molecular flexibility index (Phi) is 7.06. The third kappa shape index (κ3) is 5.80. The van der Waals surface area contributed by atoms with E-state index in [9.17, 15) is 4.79 Å². The minimum Gasteiger partial charge on any atom is -0.372 e. The van der Waals surface area contributed by atoms with E-state index in [1.54, 1.807) is 0 Å². The van der Waals surface area contributed by atoms with Crippen molar-refractivity contribution in [3.63, 3.8) is 0 Å². The summed E-state index contributed by atoms with van der Waals surface area (Å²) < 4.78 is 5.19. The Bertz CT molecular complexity index is 367. The highest BCUT2D eigenvalue weighted by molar-refractivity contribution is 5.91. The van der Waals surface area contributed by atoms with E-state index in [0.717, 1.165) is 30.8 Å². The van der Waals surface area contributed by atoms with Crippen molar-refractivity contribution in [2.45, 2.75) is 26.8 Å². The molecule has 0 spiro atoms. The quantitative estimate of drug-likeness (QED) is 0.695. The first-order chi connectivity index (χ1) is 8.76. The molecule has 4 nitrogen and oxygen atoms in total. The summed E-state index contributed by atoms with van der Waals surface area (Å²) >= 11 is 0. The molecule has 1 rings (SSSR count). The molecule has 0 bridgehead atoms. The monoisotopic (exact) mass is 250 g/mol. The van der Waals surface area contributed by atoms with Gasteiger partial charge in [-0.05, 0) is 30.7 Å². The second-order valence-electron chi connectivity index (χ2n) is 4.08. The fourth-order valence-corrected chi connectivity index (χ4v) is 1.53. The number of nitrogens with one attached hydrogen (secondary N) is 2. The van der Waals surface area contributed by atoms with E-state index in [4.69, 9.17) is 4.74 Å². The summed E-state index contributed by atoms with van der Waals surface area (Å²) in [6.45, 7) is 6.56. The van der Waals surface area contributed by atoms with E-state index in [2.05, 4.69) is 17.6 Å². The van der Waals surface area contributed by atoms with Crippen molar-refractivity contribution in [2.24, 2.45) is 0 Å². The number of ether oxygens (including phenoxy) is 1. The van der Waals surface area contributed by atoms with Crippen LogP contribution in [0.4, 0.5) is 5.69 Å². The third-order valence-corrected chi connectivity index (χ3v) is 2.37. The summed E-state index contributed by atoms with van der Waals surface area (Å²) in [7, 11) is 0. The minimum absolute atomic E-state index is 0.107. The Morgan fingerprint density at radius 2 is 2.17 bits per heavy atom. The van der Waals surface area contributed by atoms with Gasteiger partial charge in [-0.25, -0.2) is 0 Å². The standard InChI is InChI=1S/C14H22N2O2/c1-3-8-18-11-14(17)16-13-7-5-6-12(9-13)10-15-4-2/h5-7,9,15H,3-4,8,10-11H2,1-2H3,(H,16,17). The van der Waals surface area contributed by atoms with Gasteiger partial charge in [0.2, 0.25) is 5.91 Å². The van der Waals surface area contributed by atoms with Crippen molar-refractivity contribution in [2.75, 3.05) is 25.1 Å². The Labute approximate surface area is 109 Å². The number of carbonyl (C=O) groups is 1. The summed E-state index contributed by atoms with van der Waals surface area (Å²) in [6.07, 6.45) is 0.922. The molecule has 0 heterocycles. The van der Waals surface area contributed by atoms with E-state index >= 15 is 0 Å². The van der Waals surface area contributed by atoms with E-state index in [1.807, 2.05) is 31.2 Å². The molecule has 4 heteroatoms. The molecule has 0 saturated heterocycles. The maximum absolute atomic E-state index is 11.6. The molecule has 1 aromatic carbocycles. The average Bonchev–Trinajstić information content (AvgIpc) is 2.37. The molecule has 0 unspecified atom stereocenters. The van der Waals surface area contributed by atoms with Crippen LogP contribution in [-0.2, 0) is 16.1 Å². The van der Waals surface area contributed by atoms with Gasteiger partial charge in [-0.15, -0.1) is 0 Å². The summed E-state index contributed by atoms with van der Waals surface area (Å²) in [4.78, 5) is 11.6. The van der Waals surface area contributed by atoms with Gasteiger partial charge in [-0.2, -0.15) is 0 Å². The lowest BCUT2D eigenvalue weighted by molar-refractivity contribution is -0.120. The topological polar surface area (TPSA) is 50.4 Å². The van der Waals surface area contributed by atoms with Gasteiger partial charge < -0.3 is 15.4 Å². The van der Waals surface area contributed by atoms with Gasteiger partial charge in [0.25, 0.3) is 0 Å². The second-order valence-corrected chi connectivity index (χ2v) is 4.08. The molecule has 0 atom stereocenters. The average molecular weight is 250 g/mol. The van der Waals surface area contributed by atoms with Crippen LogP contribution in [0.25, 0.3) is 0 Å². The summed E-state index contributed by atoms with van der Waals surface area (Å²) in [5.41, 5.74) is 1.97. The molecular formula is C14H22N2O2. The van der Waals surface area contributed by atoms with Gasteiger partial charge in [0, 0.05) is 18.8 Å². The summed E-state index contributed by atoms with van der Waals surface area (Å²) in [5.74, 6) is -0.107. The molecule has 1 aromatic rings. The lowest BCUT2D eigenvalue weighted by Gasteiger charge is -2.08. The Balaban J connectivity index is 2.43. The van der Waals surface area contributed by atoms with Gasteiger partial charge in [0.15, 0.2) is 0 Å². The Morgan fingerprint density at radius 1 is 1.33 bits per heavy atom. The summed E-state index contributed by atoms with van der Waals surface area (Å²) in [5, 5.41) is 6.08. The van der Waals surface area contributed by atoms with Crippen LogP contribution in [0.15, 0.2) is 24.3 Å². The molecule has 1 amide bonds. The van der Waals surface area contributed by atoms with Crippen LogP contribution in [0, 0.1) is 0 Å². The maximum atomic E-state index is 11.6. The van der Waals surface area contributed by atoms with Crippen molar-refractivity contribution >= 4 is 11.6 Å². The molecule has 100 valence electrons. The highest BCUT2D eigenvalue weighted by Crippen LogP contribution is 2.10. The third-order valence-electron chi connectivity index (χ3n) is 2.37. The number of benzene rings is 1. The largest absolute Gasteiger partial charge is 0.372 e. The predicted molar refractivity (Wildman–Crippen MR) is 73.6 cm³/mol. The first-order valence-electron chi connectivity index (χ1n) is 6.43. The zero-order valence-electron chi connectivity index (χ0n) is 11.2. The molecule has 0 radical (unpaired) electrons. The Morgan fingerprint density at radius 3 is 2.89 bits per heavy atom. The van der Waals surface area contributed by atoms with Crippen LogP contribution in [0.2, 0.25) is 0 Å². The van der Waals surface area contributed by atoms with Crippen LogP contribution in [0.5, 0.6) is 0 Å². The minimum atomic E-state index is -0.107. The van der Waals surface area contributed by atoms with Gasteiger partial charge in [0.05, 0.1) is 0 Å². The van der Waals surface area contributed by atoms with E-state index < -0.39 is 0 Å². The van der Waals surface area contributed by atoms with Gasteiger partial charge in [0.1, 0.15) is 6.61 Å².